The quantitative estimate of drug-likeness (QED) is 0.363. The molecule has 0 aromatic heterocycles. The molecule has 6 nitrogen and oxygen atoms in total. The Kier molecular flexibility index (Phi) is 8.42. The number of benzene rings is 1. The van der Waals surface area contributed by atoms with Crippen LogP contribution >= 0.6 is 0 Å². The average molecular weight is 295 g/mol. The van der Waals surface area contributed by atoms with Crippen LogP contribution in [0.5, 0.6) is 0 Å². The zero-order valence-electron chi connectivity index (χ0n) is 12.8. The molecule has 0 aliphatic rings. The highest BCUT2D eigenvalue weighted by Gasteiger charge is 2.03. The van der Waals surface area contributed by atoms with Crippen LogP contribution in [0.4, 0.5) is 5.69 Å². The topological polar surface area (TPSA) is 80.8 Å². The van der Waals surface area contributed by atoms with Gasteiger partial charge < -0.3 is 24.8 Å². The van der Waals surface area contributed by atoms with Crippen molar-refractivity contribution in [2.24, 2.45) is 5.73 Å². The summed E-state index contributed by atoms with van der Waals surface area (Å²) in [5.41, 5.74) is 7.23. The number of ether oxygens (including phenoxy) is 3. The molecular weight excluding hydrogens is 270 g/mol. The third-order valence-electron chi connectivity index (χ3n) is 2.97. The third kappa shape index (κ3) is 7.08. The Labute approximate surface area is 126 Å². The van der Waals surface area contributed by atoms with Gasteiger partial charge in [-0.05, 0) is 12.1 Å². The minimum atomic E-state index is 0.0784. The number of nitrogens with zero attached hydrogens (tertiary/aromatic N) is 1. The van der Waals surface area contributed by atoms with Gasteiger partial charge in [-0.2, -0.15) is 0 Å². The van der Waals surface area contributed by atoms with Gasteiger partial charge in [0.2, 0.25) is 0 Å². The summed E-state index contributed by atoms with van der Waals surface area (Å²) in [4.78, 5) is 2.07. The van der Waals surface area contributed by atoms with E-state index in [0.29, 0.717) is 33.0 Å². The molecule has 0 saturated heterocycles. The Morgan fingerprint density at radius 1 is 1.14 bits per heavy atom. The van der Waals surface area contributed by atoms with Crippen molar-refractivity contribution in [3.8, 4) is 0 Å². The number of nitrogens with one attached hydrogen (secondary N) is 1. The Morgan fingerprint density at radius 2 is 1.81 bits per heavy atom. The second-order valence-electron chi connectivity index (χ2n) is 4.60. The maximum absolute atomic E-state index is 7.45. The Hall–Kier alpha value is -1.63. The monoisotopic (exact) mass is 295 g/mol. The summed E-state index contributed by atoms with van der Waals surface area (Å²) in [7, 11) is 3.63. The molecule has 0 radical (unpaired) electrons. The molecule has 1 aromatic rings. The maximum atomic E-state index is 7.45. The number of methoxy groups -OCH3 is 1. The minimum absolute atomic E-state index is 0.0784. The molecule has 1 aromatic carbocycles. The summed E-state index contributed by atoms with van der Waals surface area (Å²) < 4.78 is 15.7. The average Bonchev–Trinajstić information content (AvgIpc) is 2.49. The molecule has 0 spiro atoms. The van der Waals surface area contributed by atoms with Crippen LogP contribution < -0.4 is 10.6 Å². The largest absolute Gasteiger partial charge is 0.384 e. The number of nitrogens with two attached hydrogens (primary N) is 1. The van der Waals surface area contributed by atoms with Gasteiger partial charge in [-0.15, -0.1) is 0 Å². The van der Waals surface area contributed by atoms with Crippen molar-refractivity contribution in [2.75, 3.05) is 58.6 Å². The van der Waals surface area contributed by atoms with Crippen LogP contribution in [0.3, 0.4) is 0 Å². The van der Waals surface area contributed by atoms with Gasteiger partial charge in [-0.1, -0.05) is 12.1 Å². The number of likely N-dealkylation sites (N-methyl/N-ethyl adjacent to an activating group) is 1. The van der Waals surface area contributed by atoms with E-state index in [-0.39, 0.29) is 5.84 Å². The van der Waals surface area contributed by atoms with Crippen LogP contribution in [-0.4, -0.2) is 59.6 Å². The molecule has 0 unspecified atom stereocenters. The molecule has 0 fully saturated rings. The van der Waals surface area contributed by atoms with Crippen molar-refractivity contribution in [1.29, 1.82) is 5.41 Å². The zero-order chi connectivity index (χ0) is 15.5. The van der Waals surface area contributed by atoms with Gasteiger partial charge in [0.1, 0.15) is 5.84 Å². The summed E-state index contributed by atoms with van der Waals surface area (Å²) in [6.07, 6.45) is 0. The molecule has 0 amide bonds. The first-order valence-corrected chi connectivity index (χ1v) is 6.95. The predicted octanol–water partition coefficient (Wildman–Crippen LogP) is 1.09. The van der Waals surface area contributed by atoms with E-state index >= 15 is 0 Å². The van der Waals surface area contributed by atoms with E-state index in [4.69, 9.17) is 25.4 Å². The second kappa shape index (κ2) is 10.1. The molecule has 21 heavy (non-hydrogen) atoms. The van der Waals surface area contributed by atoms with Crippen molar-refractivity contribution < 1.29 is 14.2 Å². The highest BCUT2D eigenvalue weighted by Crippen LogP contribution is 2.14. The first-order chi connectivity index (χ1) is 10.1. The number of amidine groups is 1. The number of anilines is 1. The number of hydrogen-bond acceptors (Lipinski definition) is 5. The third-order valence-corrected chi connectivity index (χ3v) is 2.97. The lowest BCUT2D eigenvalue weighted by Gasteiger charge is -2.20. The second-order valence-corrected chi connectivity index (χ2v) is 4.60. The SMILES string of the molecule is COCCOCCOCCN(C)c1cccc(C(=N)N)c1. The zero-order valence-corrected chi connectivity index (χ0v) is 12.8. The highest BCUT2D eigenvalue weighted by molar-refractivity contribution is 5.95. The van der Waals surface area contributed by atoms with E-state index in [1.165, 1.54) is 0 Å². The van der Waals surface area contributed by atoms with Gasteiger partial charge in [0, 0.05) is 32.0 Å². The van der Waals surface area contributed by atoms with Crippen LogP contribution in [0.25, 0.3) is 0 Å². The fraction of sp³-hybridized carbons (Fsp3) is 0.533. The standard InChI is InChI=1S/C15H25N3O3/c1-18(6-7-20-10-11-21-9-8-19-2)14-5-3-4-13(12-14)15(16)17/h3-5,12H,6-11H2,1-2H3,(H3,16,17). The molecule has 3 N–H and O–H groups in total. The van der Waals surface area contributed by atoms with E-state index in [1.54, 1.807) is 7.11 Å². The minimum Gasteiger partial charge on any atom is -0.384 e. The molecule has 6 heteroatoms. The van der Waals surface area contributed by atoms with Crippen LogP contribution in [-0.2, 0) is 14.2 Å². The van der Waals surface area contributed by atoms with Crippen molar-refractivity contribution in [2.45, 2.75) is 0 Å². The molecule has 1 rings (SSSR count). The molecule has 118 valence electrons. The van der Waals surface area contributed by atoms with Gasteiger partial charge in [-0.25, -0.2) is 0 Å². The van der Waals surface area contributed by atoms with Crippen molar-refractivity contribution in [3.05, 3.63) is 29.8 Å². The molecule has 0 aliphatic carbocycles. The molecule has 0 aliphatic heterocycles. The lowest BCUT2D eigenvalue weighted by molar-refractivity contribution is 0.0266. The van der Waals surface area contributed by atoms with Gasteiger partial charge in [0.25, 0.3) is 0 Å². The van der Waals surface area contributed by atoms with Gasteiger partial charge in [-0.3, -0.25) is 5.41 Å². The normalized spacial score (nSPS) is 10.6. The summed E-state index contributed by atoms with van der Waals surface area (Å²) in [6.45, 7) is 3.73. The summed E-state index contributed by atoms with van der Waals surface area (Å²) in [5.74, 6) is 0.0784. The smallest absolute Gasteiger partial charge is 0.122 e. The van der Waals surface area contributed by atoms with E-state index in [0.717, 1.165) is 17.8 Å². The molecule has 0 bridgehead atoms. The summed E-state index contributed by atoms with van der Waals surface area (Å²) in [6, 6.07) is 7.61. The van der Waals surface area contributed by atoms with Crippen molar-refractivity contribution in [3.63, 3.8) is 0 Å². The molecule has 0 heterocycles. The molecule has 0 atom stereocenters. The first-order valence-electron chi connectivity index (χ1n) is 6.95. The Bertz CT molecular complexity index is 426. The molecular formula is C15H25N3O3. The van der Waals surface area contributed by atoms with E-state index < -0.39 is 0 Å². The lowest BCUT2D eigenvalue weighted by Crippen LogP contribution is -2.24. The van der Waals surface area contributed by atoms with Crippen molar-refractivity contribution >= 4 is 11.5 Å². The van der Waals surface area contributed by atoms with Crippen LogP contribution in [0.15, 0.2) is 24.3 Å². The number of hydrogen-bond donors (Lipinski definition) is 2. The number of nitrogen functional groups attached to an aromatic ring is 1. The van der Waals surface area contributed by atoms with Crippen LogP contribution in [0, 0.1) is 5.41 Å². The lowest BCUT2D eigenvalue weighted by atomic mass is 10.2. The van der Waals surface area contributed by atoms with Gasteiger partial charge >= 0.3 is 0 Å². The number of rotatable bonds is 11. The van der Waals surface area contributed by atoms with Crippen LogP contribution in [0.1, 0.15) is 5.56 Å². The van der Waals surface area contributed by atoms with E-state index in [2.05, 4.69) is 4.90 Å². The van der Waals surface area contributed by atoms with Crippen LogP contribution in [0.2, 0.25) is 0 Å². The molecule has 0 saturated carbocycles. The van der Waals surface area contributed by atoms with Gasteiger partial charge in [0.15, 0.2) is 0 Å². The predicted molar refractivity (Wildman–Crippen MR) is 84.2 cm³/mol. The van der Waals surface area contributed by atoms with Gasteiger partial charge in [0.05, 0.1) is 33.0 Å². The fourth-order valence-electron chi connectivity index (χ4n) is 1.71. The Morgan fingerprint density at radius 3 is 2.48 bits per heavy atom. The summed E-state index contributed by atoms with van der Waals surface area (Å²) >= 11 is 0. The van der Waals surface area contributed by atoms with Crippen molar-refractivity contribution in [1.82, 2.24) is 0 Å². The van der Waals surface area contributed by atoms with E-state index in [1.807, 2.05) is 31.3 Å². The van der Waals surface area contributed by atoms with E-state index in [9.17, 15) is 0 Å². The Balaban J connectivity index is 2.20. The maximum Gasteiger partial charge on any atom is 0.122 e. The highest BCUT2D eigenvalue weighted by atomic mass is 16.5. The summed E-state index contributed by atoms with van der Waals surface area (Å²) in [5, 5.41) is 7.45. The fourth-order valence-corrected chi connectivity index (χ4v) is 1.71. The first kappa shape index (κ1) is 17.4.